The molecule has 1 aliphatic carbocycles. The number of fused-ring (bicyclic) bond motifs is 1. The number of benzene rings is 3. The number of hydrogen-bond acceptors (Lipinski definition) is 4. The molecule has 1 aromatic heterocycles. The van der Waals surface area contributed by atoms with Crippen molar-refractivity contribution in [1.29, 1.82) is 0 Å². The van der Waals surface area contributed by atoms with E-state index in [2.05, 4.69) is 15.6 Å². The molecule has 6 nitrogen and oxygen atoms in total. The third-order valence-electron chi connectivity index (χ3n) is 6.34. The zero-order chi connectivity index (χ0) is 27.7. The van der Waals surface area contributed by atoms with Crippen molar-refractivity contribution in [1.82, 2.24) is 14.9 Å². The number of amides is 1. The summed E-state index contributed by atoms with van der Waals surface area (Å²) in [6, 6.07) is 14.1. The van der Waals surface area contributed by atoms with Gasteiger partial charge in [-0.15, -0.1) is 0 Å². The van der Waals surface area contributed by atoms with E-state index < -0.39 is 19.0 Å². The van der Waals surface area contributed by atoms with Gasteiger partial charge in [-0.3, -0.25) is 9.36 Å². The molecule has 0 spiro atoms. The van der Waals surface area contributed by atoms with Crippen LogP contribution in [0.2, 0.25) is 0 Å². The van der Waals surface area contributed by atoms with Crippen LogP contribution in [-0.4, -0.2) is 34.2 Å². The number of nitrogens with zero attached hydrogens (tertiary/aromatic N) is 2. The van der Waals surface area contributed by atoms with Gasteiger partial charge in [-0.1, -0.05) is 12.1 Å². The molecule has 1 fully saturated rings. The van der Waals surface area contributed by atoms with E-state index in [0.717, 1.165) is 18.4 Å². The van der Waals surface area contributed by atoms with E-state index in [0.29, 0.717) is 28.0 Å². The van der Waals surface area contributed by atoms with Gasteiger partial charge in [0.25, 0.3) is 12.3 Å². The van der Waals surface area contributed by atoms with Crippen molar-refractivity contribution in [2.24, 2.45) is 0 Å². The SMILES string of the molecule is Cc1cc(-n2cnc3c(NCCC(F)(F)F)cc(Oc4cccc(C(F)F)c4)cc32)ccc1C(=O)NC1CC1. The fraction of sp³-hybridized carbons (Fsp3) is 0.286. The Hall–Kier alpha value is -4.15. The average Bonchev–Trinajstić information content (AvgIpc) is 3.58. The van der Waals surface area contributed by atoms with Crippen LogP contribution in [0.5, 0.6) is 11.5 Å². The Morgan fingerprint density at radius 3 is 2.59 bits per heavy atom. The van der Waals surface area contributed by atoms with Crippen LogP contribution in [0.1, 0.15) is 47.2 Å². The van der Waals surface area contributed by atoms with Crippen LogP contribution in [-0.2, 0) is 0 Å². The van der Waals surface area contributed by atoms with E-state index in [9.17, 15) is 26.7 Å². The number of imidazole rings is 1. The molecule has 0 aliphatic heterocycles. The number of hydrogen-bond donors (Lipinski definition) is 2. The average molecular weight is 545 g/mol. The molecule has 0 saturated heterocycles. The third-order valence-corrected chi connectivity index (χ3v) is 6.34. The van der Waals surface area contributed by atoms with Crippen molar-refractivity contribution >= 4 is 22.6 Å². The Morgan fingerprint density at radius 1 is 1.10 bits per heavy atom. The fourth-order valence-corrected chi connectivity index (χ4v) is 4.22. The van der Waals surface area contributed by atoms with Crippen LogP contribution >= 0.6 is 0 Å². The maximum absolute atomic E-state index is 13.2. The standard InChI is InChI=1S/C28H25F5N4O2/c1-16-11-19(7-8-22(16)27(38)36-18-5-6-18)37-15-35-25-23(34-10-9-28(31,32)33)13-21(14-24(25)37)39-20-4-2-3-17(12-20)26(29)30/h2-4,7-8,11-15,18,26,34H,5-6,9-10H2,1H3,(H,36,38). The van der Waals surface area contributed by atoms with Crippen molar-refractivity contribution in [3.8, 4) is 17.2 Å². The van der Waals surface area contributed by atoms with Gasteiger partial charge in [-0.2, -0.15) is 13.2 Å². The first kappa shape index (κ1) is 26.5. The highest BCUT2D eigenvalue weighted by atomic mass is 19.4. The van der Waals surface area contributed by atoms with Crippen molar-refractivity contribution < 1.29 is 31.5 Å². The Kier molecular flexibility index (Phi) is 7.16. The van der Waals surface area contributed by atoms with E-state index in [1.807, 2.05) is 13.0 Å². The summed E-state index contributed by atoms with van der Waals surface area (Å²) in [4.78, 5) is 17.0. The van der Waals surface area contributed by atoms with Crippen LogP contribution in [0.15, 0.2) is 60.9 Å². The molecule has 1 amide bonds. The number of rotatable bonds is 9. The van der Waals surface area contributed by atoms with Gasteiger partial charge in [0.05, 0.1) is 17.6 Å². The number of aromatic nitrogens is 2. The lowest BCUT2D eigenvalue weighted by Crippen LogP contribution is -2.26. The first-order valence-corrected chi connectivity index (χ1v) is 12.4. The molecule has 4 aromatic rings. The lowest BCUT2D eigenvalue weighted by atomic mass is 10.1. The molecule has 0 atom stereocenters. The fourth-order valence-electron chi connectivity index (χ4n) is 4.22. The van der Waals surface area contributed by atoms with Gasteiger partial charge in [0.1, 0.15) is 23.3 Å². The summed E-state index contributed by atoms with van der Waals surface area (Å²) in [5.74, 6) is 0.235. The summed E-state index contributed by atoms with van der Waals surface area (Å²) in [5.41, 5.74) is 2.97. The van der Waals surface area contributed by atoms with Gasteiger partial charge in [-0.05, 0) is 55.7 Å². The van der Waals surface area contributed by atoms with E-state index in [1.165, 1.54) is 36.7 Å². The largest absolute Gasteiger partial charge is 0.457 e. The molecule has 0 radical (unpaired) electrons. The van der Waals surface area contributed by atoms with Crippen molar-refractivity contribution in [2.75, 3.05) is 11.9 Å². The first-order chi connectivity index (χ1) is 18.6. The van der Waals surface area contributed by atoms with Gasteiger partial charge in [0.2, 0.25) is 0 Å². The second kappa shape index (κ2) is 10.5. The van der Waals surface area contributed by atoms with Gasteiger partial charge in [0.15, 0.2) is 0 Å². The lowest BCUT2D eigenvalue weighted by molar-refractivity contribution is -0.131. The minimum absolute atomic E-state index is 0.144. The zero-order valence-corrected chi connectivity index (χ0v) is 20.9. The van der Waals surface area contributed by atoms with Gasteiger partial charge in [0, 0.05) is 41.5 Å². The Balaban J connectivity index is 1.51. The quantitative estimate of drug-likeness (QED) is 0.217. The number of ether oxygens (including phenoxy) is 1. The molecule has 1 saturated carbocycles. The van der Waals surface area contributed by atoms with Crippen LogP contribution in [0.3, 0.4) is 0 Å². The molecule has 39 heavy (non-hydrogen) atoms. The smallest absolute Gasteiger partial charge is 0.390 e. The normalized spacial score (nSPS) is 13.6. The highest BCUT2D eigenvalue weighted by Crippen LogP contribution is 2.34. The van der Waals surface area contributed by atoms with Crippen LogP contribution in [0, 0.1) is 6.92 Å². The first-order valence-electron chi connectivity index (χ1n) is 12.4. The van der Waals surface area contributed by atoms with Crippen LogP contribution in [0.25, 0.3) is 16.7 Å². The maximum Gasteiger partial charge on any atom is 0.390 e. The third kappa shape index (κ3) is 6.30. The summed E-state index contributed by atoms with van der Waals surface area (Å²) in [7, 11) is 0. The molecule has 1 aliphatic rings. The van der Waals surface area contributed by atoms with Crippen LogP contribution in [0.4, 0.5) is 27.6 Å². The number of anilines is 1. The predicted molar refractivity (Wildman–Crippen MR) is 137 cm³/mol. The highest BCUT2D eigenvalue weighted by Gasteiger charge is 2.27. The summed E-state index contributed by atoms with van der Waals surface area (Å²) in [5, 5.41) is 5.74. The molecule has 2 N–H and O–H groups in total. The minimum atomic E-state index is -4.35. The number of halogens is 5. The molecule has 0 bridgehead atoms. The maximum atomic E-state index is 13.2. The molecular formula is C28H25F5N4O2. The molecule has 0 unspecified atom stereocenters. The predicted octanol–water partition coefficient (Wildman–Crippen LogP) is 7.32. The number of alkyl halides is 5. The van der Waals surface area contributed by atoms with E-state index in [1.54, 1.807) is 22.8 Å². The van der Waals surface area contributed by atoms with Crippen molar-refractivity contribution in [3.63, 3.8) is 0 Å². The zero-order valence-electron chi connectivity index (χ0n) is 20.9. The van der Waals surface area contributed by atoms with Gasteiger partial charge >= 0.3 is 6.18 Å². The van der Waals surface area contributed by atoms with Gasteiger partial charge in [-0.25, -0.2) is 13.8 Å². The minimum Gasteiger partial charge on any atom is -0.457 e. The van der Waals surface area contributed by atoms with Crippen molar-refractivity contribution in [2.45, 2.75) is 44.8 Å². The molecular weight excluding hydrogens is 519 g/mol. The number of carbonyl (C=O) groups excluding carboxylic acids is 1. The molecule has 5 rings (SSSR count). The van der Waals surface area contributed by atoms with Crippen molar-refractivity contribution in [3.05, 3.63) is 77.6 Å². The second-order valence-electron chi connectivity index (χ2n) is 9.47. The van der Waals surface area contributed by atoms with E-state index in [4.69, 9.17) is 4.74 Å². The van der Waals surface area contributed by atoms with E-state index in [-0.39, 0.29) is 35.6 Å². The monoisotopic (exact) mass is 544 g/mol. The number of carbonyl (C=O) groups is 1. The Bertz CT molecular complexity index is 1510. The summed E-state index contributed by atoms with van der Waals surface area (Å²) < 4.78 is 72.3. The van der Waals surface area contributed by atoms with Crippen LogP contribution < -0.4 is 15.4 Å². The molecule has 3 aromatic carbocycles. The van der Waals surface area contributed by atoms with E-state index >= 15 is 0 Å². The summed E-state index contributed by atoms with van der Waals surface area (Å²) in [6.45, 7) is 1.43. The van der Waals surface area contributed by atoms with Gasteiger partial charge < -0.3 is 15.4 Å². The number of nitrogens with one attached hydrogen (secondary N) is 2. The highest BCUT2D eigenvalue weighted by molar-refractivity contribution is 5.96. The molecule has 11 heteroatoms. The Morgan fingerprint density at radius 2 is 1.90 bits per heavy atom. The summed E-state index contributed by atoms with van der Waals surface area (Å²) in [6.07, 6.45) is -4.62. The lowest BCUT2D eigenvalue weighted by Gasteiger charge is -2.14. The second-order valence-corrected chi connectivity index (χ2v) is 9.47. The Labute approximate surface area is 220 Å². The topological polar surface area (TPSA) is 68.2 Å². The summed E-state index contributed by atoms with van der Waals surface area (Å²) >= 11 is 0. The number of aryl methyl sites for hydroxylation is 1. The molecule has 1 heterocycles. The molecule has 204 valence electrons.